The third kappa shape index (κ3) is 2.15. The van der Waals surface area contributed by atoms with Crippen molar-refractivity contribution in [2.45, 2.75) is 18.8 Å². The number of nitrogens with two attached hydrogens (primary N) is 1. The highest BCUT2D eigenvalue weighted by atomic mass is 19.1. The maximum absolute atomic E-state index is 13.4. The van der Waals surface area contributed by atoms with Crippen LogP contribution in [-0.2, 0) is 12.8 Å². The molecule has 0 amide bonds. The van der Waals surface area contributed by atoms with E-state index in [1.807, 2.05) is 0 Å². The van der Waals surface area contributed by atoms with Crippen LogP contribution in [0.1, 0.15) is 28.2 Å². The zero-order valence-electron chi connectivity index (χ0n) is 10.5. The Labute approximate surface area is 111 Å². The molecule has 0 aliphatic heterocycles. The van der Waals surface area contributed by atoms with Crippen molar-refractivity contribution in [3.05, 3.63) is 70.3 Å². The van der Waals surface area contributed by atoms with Crippen molar-refractivity contribution < 1.29 is 8.78 Å². The molecule has 0 radical (unpaired) electrons. The van der Waals surface area contributed by atoms with Gasteiger partial charge in [0.05, 0.1) is 0 Å². The van der Waals surface area contributed by atoms with E-state index in [0.717, 1.165) is 35.1 Å². The van der Waals surface area contributed by atoms with Crippen LogP contribution in [0.5, 0.6) is 0 Å². The number of hydrogen-bond donors (Lipinski definition) is 1. The molecule has 2 N–H and O–H groups in total. The van der Waals surface area contributed by atoms with Crippen LogP contribution in [0.15, 0.2) is 36.4 Å². The summed E-state index contributed by atoms with van der Waals surface area (Å²) >= 11 is 0. The van der Waals surface area contributed by atoms with Crippen molar-refractivity contribution in [2.24, 2.45) is 5.73 Å². The molecule has 0 saturated carbocycles. The van der Waals surface area contributed by atoms with E-state index in [2.05, 4.69) is 0 Å². The molecule has 0 atom stereocenters. The largest absolute Gasteiger partial charge is 0.330 e. The monoisotopic (exact) mass is 259 g/mol. The molecule has 2 aromatic carbocycles. The van der Waals surface area contributed by atoms with Gasteiger partial charge in [-0.05, 0) is 59.4 Å². The van der Waals surface area contributed by atoms with Gasteiger partial charge in [0, 0.05) is 12.5 Å². The van der Waals surface area contributed by atoms with E-state index >= 15 is 0 Å². The summed E-state index contributed by atoms with van der Waals surface area (Å²) in [5, 5.41) is 0. The summed E-state index contributed by atoms with van der Waals surface area (Å²) in [4.78, 5) is 0. The Hall–Kier alpha value is -1.74. The van der Waals surface area contributed by atoms with E-state index in [9.17, 15) is 8.78 Å². The van der Waals surface area contributed by atoms with Crippen LogP contribution in [0.3, 0.4) is 0 Å². The zero-order chi connectivity index (χ0) is 13.4. The maximum Gasteiger partial charge on any atom is 0.123 e. The first-order chi connectivity index (χ1) is 9.19. The van der Waals surface area contributed by atoms with Gasteiger partial charge in [-0.3, -0.25) is 0 Å². The fraction of sp³-hybridized carbons (Fsp3) is 0.250. The van der Waals surface area contributed by atoms with Crippen molar-refractivity contribution in [1.82, 2.24) is 0 Å². The molecular formula is C16H15F2N. The van der Waals surface area contributed by atoms with Gasteiger partial charge in [0.25, 0.3) is 0 Å². The Morgan fingerprint density at radius 2 is 1.37 bits per heavy atom. The van der Waals surface area contributed by atoms with Crippen LogP contribution >= 0.6 is 0 Å². The molecule has 0 spiro atoms. The first-order valence-electron chi connectivity index (χ1n) is 6.45. The lowest BCUT2D eigenvalue weighted by Crippen LogP contribution is -2.15. The molecule has 1 aliphatic carbocycles. The maximum atomic E-state index is 13.4. The van der Waals surface area contributed by atoms with Crippen LogP contribution in [0.2, 0.25) is 0 Å². The van der Waals surface area contributed by atoms with Gasteiger partial charge in [0.15, 0.2) is 0 Å². The van der Waals surface area contributed by atoms with E-state index < -0.39 is 0 Å². The van der Waals surface area contributed by atoms with Crippen LogP contribution in [0.4, 0.5) is 8.78 Å². The summed E-state index contributed by atoms with van der Waals surface area (Å²) < 4.78 is 26.7. The van der Waals surface area contributed by atoms with Gasteiger partial charge in [-0.25, -0.2) is 8.78 Å². The standard InChI is InChI=1S/C16H15F2N/c17-12-3-5-14-10(7-12)1-2-11-8-13(18)4-6-15(11)16(14)9-19/h3-8,16H,1-2,9,19H2. The zero-order valence-corrected chi connectivity index (χ0v) is 10.5. The van der Waals surface area contributed by atoms with Gasteiger partial charge >= 0.3 is 0 Å². The van der Waals surface area contributed by atoms with E-state index in [1.165, 1.54) is 12.1 Å². The van der Waals surface area contributed by atoms with Crippen molar-refractivity contribution in [1.29, 1.82) is 0 Å². The molecule has 3 rings (SSSR count). The molecule has 19 heavy (non-hydrogen) atoms. The highest BCUT2D eigenvalue weighted by Gasteiger charge is 2.23. The average Bonchev–Trinajstić information content (AvgIpc) is 2.54. The molecule has 0 saturated heterocycles. The second kappa shape index (κ2) is 4.74. The quantitative estimate of drug-likeness (QED) is 0.836. The molecule has 0 fully saturated rings. The number of halogens is 2. The first kappa shape index (κ1) is 12.3. The van der Waals surface area contributed by atoms with Gasteiger partial charge < -0.3 is 5.73 Å². The lowest BCUT2D eigenvalue weighted by Gasteiger charge is -2.18. The predicted molar refractivity (Wildman–Crippen MR) is 71.1 cm³/mol. The predicted octanol–water partition coefficient (Wildman–Crippen LogP) is 3.15. The van der Waals surface area contributed by atoms with Gasteiger partial charge in [0.1, 0.15) is 11.6 Å². The average molecular weight is 259 g/mol. The van der Waals surface area contributed by atoms with E-state index in [-0.39, 0.29) is 17.6 Å². The van der Waals surface area contributed by atoms with Crippen molar-refractivity contribution >= 4 is 0 Å². The number of aryl methyl sites for hydroxylation is 2. The summed E-state index contributed by atoms with van der Waals surface area (Å²) in [7, 11) is 0. The summed E-state index contributed by atoms with van der Waals surface area (Å²) in [5.41, 5.74) is 9.98. The van der Waals surface area contributed by atoms with E-state index in [0.29, 0.717) is 6.54 Å². The van der Waals surface area contributed by atoms with Gasteiger partial charge in [-0.2, -0.15) is 0 Å². The summed E-state index contributed by atoms with van der Waals surface area (Å²) in [5.74, 6) is -0.438. The summed E-state index contributed by atoms with van der Waals surface area (Å²) in [6, 6.07) is 9.69. The van der Waals surface area contributed by atoms with Crippen molar-refractivity contribution in [3.63, 3.8) is 0 Å². The molecular weight excluding hydrogens is 244 g/mol. The molecule has 0 heterocycles. The Kier molecular flexibility index (Phi) is 3.07. The number of rotatable bonds is 1. The van der Waals surface area contributed by atoms with Crippen LogP contribution < -0.4 is 5.73 Å². The number of fused-ring (bicyclic) bond motifs is 2. The molecule has 0 aromatic heterocycles. The van der Waals surface area contributed by atoms with Gasteiger partial charge in [-0.15, -0.1) is 0 Å². The Morgan fingerprint density at radius 3 is 1.79 bits per heavy atom. The van der Waals surface area contributed by atoms with Crippen molar-refractivity contribution in [3.8, 4) is 0 Å². The lowest BCUT2D eigenvalue weighted by molar-refractivity contribution is 0.623. The fourth-order valence-corrected chi connectivity index (χ4v) is 2.95. The minimum absolute atomic E-state index is 0.0219. The highest BCUT2D eigenvalue weighted by Crippen LogP contribution is 2.34. The third-order valence-corrected chi connectivity index (χ3v) is 3.86. The Balaban J connectivity index is 2.17. The molecule has 1 aliphatic rings. The fourth-order valence-electron chi connectivity index (χ4n) is 2.95. The Morgan fingerprint density at radius 1 is 0.895 bits per heavy atom. The van der Waals surface area contributed by atoms with Crippen LogP contribution in [-0.4, -0.2) is 6.54 Å². The number of hydrogen-bond acceptors (Lipinski definition) is 1. The molecule has 3 heteroatoms. The second-order valence-corrected chi connectivity index (χ2v) is 4.97. The summed E-state index contributed by atoms with van der Waals surface area (Å²) in [6.45, 7) is 0.442. The smallest absolute Gasteiger partial charge is 0.123 e. The number of benzene rings is 2. The normalized spacial score (nSPS) is 14.7. The minimum atomic E-state index is -0.230. The minimum Gasteiger partial charge on any atom is -0.330 e. The van der Waals surface area contributed by atoms with Crippen molar-refractivity contribution in [2.75, 3.05) is 6.54 Å². The molecule has 98 valence electrons. The molecule has 2 aromatic rings. The van der Waals surface area contributed by atoms with Crippen LogP contribution in [0, 0.1) is 11.6 Å². The molecule has 1 nitrogen and oxygen atoms in total. The Bertz CT molecular complexity index is 569. The summed E-state index contributed by atoms with van der Waals surface area (Å²) in [6.07, 6.45) is 1.44. The third-order valence-electron chi connectivity index (χ3n) is 3.86. The molecule has 0 bridgehead atoms. The van der Waals surface area contributed by atoms with Gasteiger partial charge in [0.2, 0.25) is 0 Å². The topological polar surface area (TPSA) is 26.0 Å². The van der Waals surface area contributed by atoms with Crippen LogP contribution in [0.25, 0.3) is 0 Å². The first-order valence-corrected chi connectivity index (χ1v) is 6.45. The molecule has 0 unspecified atom stereocenters. The van der Waals surface area contributed by atoms with Gasteiger partial charge in [-0.1, -0.05) is 12.1 Å². The SMILES string of the molecule is NCC1c2ccc(F)cc2CCc2cc(F)ccc21. The lowest BCUT2D eigenvalue weighted by atomic mass is 9.88. The highest BCUT2D eigenvalue weighted by molar-refractivity contribution is 5.45. The van der Waals surface area contributed by atoms with E-state index in [1.54, 1.807) is 24.3 Å². The second-order valence-electron chi connectivity index (χ2n) is 4.97. The van der Waals surface area contributed by atoms with E-state index in [4.69, 9.17) is 5.73 Å².